The molecule has 0 amide bonds. The van der Waals surface area contributed by atoms with Crippen LogP contribution in [0, 0.1) is 6.92 Å². The molecule has 0 atom stereocenters. The van der Waals surface area contributed by atoms with Crippen molar-refractivity contribution in [3.05, 3.63) is 42.1 Å². The van der Waals surface area contributed by atoms with Gasteiger partial charge in [0.2, 0.25) is 11.8 Å². The molecule has 2 heterocycles. The fourth-order valence-electron chi connectivity index (χ4n) is 3.96. The minimum Gasteiger partial charge on any atom is -0.480 e. The zero-order valence-corrected chi connectivity index (χ0v) is 20.6. The van der Waals surface area contributed by atoms with E-state index in [4.69, 9.17) is 14.5 Å². The Morgan fingerprint density at radius 1 is 1.00 bits per heavy atom. The smallest absolute Gasteiger partial charge is 0.262 e. The minimum atomic E-state index is -3.82. The van der Waals surface area contributed by atoms with E-state index in [1.807, 2.05) is 6.92 Å². The molecular weight excluding hydrogens is 460 g/mol. The van der Waals surface area contributed by atoms with Crippen LogP contribution < -0.4 is 19.5 Å². The Bertz CT molecular complexity index is 1210. The van der Waals surface area contributed by atoms with Gasteiger partial charge in [0.15, 0.2) is 5.13 Å². The molecule has 2 aromatic heterocycles. The average Bonchev–Trinajstić information content (AvgIpc) is 3.19. The molecule has 0 spiro atoms. The Labute approximate surface area is 198 Å². The molecule has 1 saturated carbocycles. The van der Waals surface area contributed by atoms with Crippen LogP contribution in [0.5, 0.6) is 11.8 Å². The van der Waals surface area contributed by atoms with Gasteiger partial charge in [-0.2, -0.15) is 4.98 Å². The van der Waals surface area contributed by atoms with Gasteiger partial charge in [-0.15, -0.1) is 0 Å². The largest absolute Gasteiger partial charge is 0.480 e. The first-order valence-electron chi connectivity index (χ1n) is 10.9. The highest BCUT2D eigenvalue weighted by Crippen LogP contribution is 2.42. The maximum absolute atomic E-state index is 12.9. The van der Waals surface area contributed by atoms with Crippen molar-refractivity contribution in [1.82, 2.24) is 9.97 Å². The van der Waals surface area contributed by atoms with E-state index in [0.717, 1.165) is 28.5 Å². The lowest BCUT2D eigenvalue weighted by Gasteiger charge is -2.22. The molecule has 10 heteroatoms. The van der Waals surface area contributed by atoms with Crippen molar-refractivity contribution < 1.29 is 17.9 Å². The topological polar surface area (TPSA) is 102 Å². The summed E-state index contributed by atoms with van der Waals surface area (Å²) in [4.78, 5) is 10.1. The number of nitrogens with one attached hydrogen (secondary N) is 2. The Morgan fingerprint density at radius 3 is 2.36 bits per heavy atom. The highest BCUT2D eigenvalue weighted by atomic mass is 32.2. The predicted octanol–water partition coefficient (Wildman–Crippen LogP) is 5.08. The van der Waals surface area contributed by atoms with E-state index < -0.39 is 10.0 Å². The number of hydrogen-bond acceptors (Lipinski definition) is 8. The van der Waals surface area contributed by atoms with Gasteiger partial charge in [0.25, 0.3) is 10.0 Å². The number of aryl methyl sites for hydroxylation is 1. The van der Waals surface area contributed by atoms with Crippen molar-refractivity contribution in [3.63, 3.8) is 0 Å². The second-order valence-corrected chi connectivity index (χ2v) is 10.6. The molecule has 1 aliphatic rings. The maximum atomic E-state index is 12.9. The van der Waals surface area contributed by atoms with Gasteiger partial charge in [-0.25, -0.2) is 13.4 Å². The van der Waals surface area contributed by atoms with Crippen molar-refractivity contribution in [2.45, 2.75) is 50.0 Å². The van der Waals surface area contributed by atoms with Crippen LogP contribution in [0.2, 0.25) is 0 Å². The lowest BCUT2D eigenvalue weighted by atomic mass is 9.96. The number of sulfonamides is 1. The van der Waals surface area contributed by atoms with Crippen LogP contribution in [0.15, 0.2) is 41.3 Å². The van der Waals surface area contributed by atoms with Crippen LogP contribution in [-0.4, -0.2) is 38.6 Å². The maximum Gasteiger partial charge on any atom is 0.262 e. The Balaban J connectivity index is 1.70. The fourth-order valence-corrected chi connectivity index (χ4v) is 6.08. The van der Waals surface area contributed by atoms with E-state index in [1.54, 1.807) is 24.3 Å². The molecule has 0 unspecified atom stereocenters. The molecule has 8 nitrogen and oxygen atoms in total. The van der Waals surface area contributed by atoms with Crippen molar-refractivity contribution >= 4 is 32.2 Å². The number of methoxy groups -OCH3 is 2. The standard InChI is InChI=1S/C23H28N4O4S2/c1-15-20(32-23(24-15)25-16-10-6-4-7-11-16)18-14-19(22(31-3)26-21(18)30-2)27-33(28,29)17-12-8-5-9-13-17/h5,8-9,12-14,16,27H,4,6-7,10-11H2,1-3H3,(H,24,25). The molecule has 1 aliphatic carbocycles. The van der Waals surface area contributed by atoms with Crippen molar-refractivity contribution in [3.8, 4) is 22.2 Å². The SMILES string of the molecule is COc1nc(OC)c(-c2sc(NC3CCCCC3)nc2C)cc1NS(=O)(=O)c1ccccc1. The number of anilines is 2. The van der Waals surface area contributed by atoms with E-state index in [2.05, 4.69) is 15.0 Å². The third kappa shape index (κ3) is 5.22. The van der Waals surface area contributed by atoms with Crippen LogP contribution in [0.1, 0.15) is 37.8 Å². The second kappa shape index (κ2) is 9.96. The molecule has 1 fully saturated rings. The summed E-state index contributed by atoms with van der Waals surface area (Å²) in [6.45, 7) is 1.93. The summed E-state index contributed by atoms with van der Waals surface area (Å²) in [5, 5.41) is 4.40. The molecule has 4 rings (SSSR count). The van der Waals surface area contributed by atoms with Crippen molar-refractivity contribution in [1.29, 1.82) is 0 Å². The van der Waals surface area contributed by atoms with Gasteiger partial charge in [0.1, 0.15) is 5.69 Å². The zero-order chi connectivity index (χ0) is 23.4. The monoisotopic (exact) mass is 488 g/mol. The van der Waals surface area contributed by atoms with Crippen molar-refractivity contribution in [2.75, 3.05) is 24.3 Å². The van der Waals surface area contributed by atoms with Gasteiger partial charge >= 0.3 is 0 Å². The molecular formula is C23H28N4O4S2. The minimum absolute atomic E-state index is 0.123. The van der Waals surface area contributed by atoms with Gasteiger partial charge < -0.3 is 14.8 Å². The van der Waals surface area contributed by atoms with E-state index in [9.17, 15) is 8.42 Å². The molecule has 3 aromatic rings. The normalized spacial score (nSPS) is 14.6. The second-order valence-electron chi connectivity index (χ2n) is 7.93. The summed E-state index contributed by atoms with van der Waals surface area (Å²) in [5.41, 5.74) is 1.70. The number of benzene rings is 1. The first-order chi connectivity index (χ1) is 15.9. The van der Waals surface area contributed by atoms with E-state index in [1.165, 1.54) is 57.0 Å². The van der Waals surface area contributed by atoms with Crippen LogP contribution in [-0.2, 0) is 10.0 Å². The summed E-state index contributed by atoms with van der Waals surface area (Å²) in [6.07, 6.45) is 6.04. The first kappa shape index (κ1) is 23.3. The number of ether oxygens (including phenoxy) is 2. The summed E-state index contributed by atoms with van der Waals surface area (Å²) < 4.78 is 39.3. The van der Waals surface area contributed by atoms with Crippen molar-refractivity contribution in [2.24, 2.45) is 0 Å². The summed E-state index contributed by atoms with van der Waals surface area (Å²) >= 11 is 1.51. The zero-order valence-electron chi connectivity index (χ0n) is 18.9. The molecule has 0 saturated heterocycles. The quantitative estimate of drug-likeness (QED) is 0.456. The fraction of sp³-hybridized carbons (Fsp3) is 0.391. The number of nitrogens with zero attached hydrogens (tertiary/aromatic N) is 2. The summed E-state index contributed by atoms with van der Waals surface area (Å²) in [7, 11) is -0.863. The van der Waals surface area contributed by atoms with Gasteiger partial charge in [0, 0.05) is 6.04 Å². The van der Waals surface area contributed by atoms with Gasteiger partial charge in [0.05, 0.1) is 35.2 Å². The van der Waals surface area contributed by atoms with Crippen LogP contribution in [0.3, 0.4) is 0 Å². The van der Waals surface area contributed by atoms with Gasteiger partial charge in [-0.1, -0.05) is 48.8 Å². The molecule has 0 aliphatic heterocycles. The molecule has 1 aromatic carbocycles. The highest BCUT2D eigenvalue weighted by molar-refractivity contribution is 7.92. The van der Waals surface area contributed by atoms with Crippen LogP contribution in [0.4, 0.5) is 10.8 Å². The Morgan fingerprint density at radius 2 is 1.70 bits per heavy atom. The number of pyridine rings is 1. The van der Waals surface area contributed by atoms with E-state index >= 15 is 0 Å². The van der Waals surface area contributed by atoms with Gasteiger partial charge in [-0.3, -0.25) is 4.72 Å². The number of aromatic nitrogens is 2. The predicted molar refractivity (Wildman–Crippen MR) is 131 cm³/mol. The Kier molecular flexibility index (Phi) is 7.04. The van der Waals surface area contributed by atoms with Crippen LogP contribution in [0.25, 0.3) is 10.4 Å². The molecule has 2 N–H and O–H groups in total. The molecule has 0 bridgehead atoms. The van der Waals surface area contributed by atoms with E-state index in [0.29, 0.717) is 17.5 Å². The lowest BCUT2D eigenvalue weighted by molar-refractivity contribution is 0.367. The molecule has 0 radical (unpaired) electrons. The third-order valence-corrected chi connectivity index (χ3v) is 8.11. The Hall–Kier alpha value is -2.85. The van der Waals surface area contributed by atoms with Gasteiger partial charge in [-0.05, 0) is 38.0 Å². The summed E-state index contributed by atoms with van der Waals surface area (Å²) in [5.74, 6) is 0.461. The molecule has 33 heavy (non-hydrogen) atoms. The molecule has 176 valence electrons. The number of thiazole rings is 1. The van der Waals surface area contributed by atoms with Crippen LogP contribution >= 0.6 is 11.3 Å². The third-order valence-electron chi connectivity index (χ3n) is 5.61. The number of hydrogen-bond donors (Lipinski definition) is 2. The number of rotatable bonds is 8. The van der Waals surface area contributed by atoms with E-state index in [-0.39, 0.29) is 16.5 Å². The average molecular weight is 489 g/mol. The lowest BCUT2D eigenvalue weighted by Crippen LogP contribution is -2.21. The first-order valence-corrected chi connectivity index (χ1v) is 13.2. The highest BCUT2D eigenvalue weighted by Gasteiger charge is 2.23. The summed E-state index contributed by atoms with van der Waals surface area (Å²) in [6, 6.07) is 10.3.